The second-order valence-corrected chi connectivity index (χ2v) is 8.61. The van der Waals surface area contributed by atoms with Crippen LogP contribution in [0.25, 0.3) is 0 Å². The third-order valence-electron chi connectivity index (χ3n) is 4.01. The van der Waals surface area contributed by atoms with E-state index in [0.29, 0.717) is 29.1 Å². The monoisotopic (exact) mass is 331 g/mol. The van der Waals surface area contributed by atoms with Crippen LogP contribution in [0.2, 0.25) is 0 Å². The molecule has 0 radical (unpaired) electrons. The summed E-state index contributed by atoms with van der Waals surface area (Å²) in [5.74, 6) is 0. The lowest BCUT2D eigenvalue weighted by atomic mass is 10.2. The summed E-state index contributed by atoms with van der Waals surface area (Å²) in [6, 6.07) is 1.54. The number of hydrogen-bond acceptors (Lipinski definition) is 6. The quantitative estimate of drug-likeness (QED) is 0.884. The molecule has 1 atom stereocenters. The molecule has 0 spiro atoms. The van der Waals surface area contributed by atoms with Crippen LogP contribution in [0.4, 0.5) is 5.69 Å². The summed E-state index contributed by atoms with van der Waals surface area (Å²) in [5.41, 5.74) is 6.13. The maximum Gasteiger partial charge on any atom is 0.252 e. The van der Waals surface area contributed by atoms with Crippen molar-refractivity contribution in [3.05, 3.63) is 11.4 Å². The first kappa shape index (κ1) is 15.2. The predicted molar refractivity (Wildman–Crippen MR) is 82.9 cm³/mol. The molecule has 1 aromatic rings. The highest BCUT2D eigenvalue weighted by atomic mass is 32.2. The fraction of sp³-hybridized carbons (Fsp3) is 0.692. The Morgan fingerprint density at radius 2 is 2.10 bits per heavy atom. The van der Waals surface area contributed by atoms with Gasteiger partial charge < -0.3 is 10.5 Å². The SMILES string of the molecule is Nc1csc(S(=O)(=O)N2CCN(CC3CCCO3)CC2)c1. The number of piperazine rings is 1. The van der Waals surface area contributed by atoms with Gasteiger partial charge in [0.15, 0.2) is 0 Å². The van der Waals surface area contributed by atoms with Gasteiger partial charge in [0.05, 0.1) is 6.10 Å². The molecule has 0 amide bonds. The van der Waals surface area contributed by atoms with Crippen LogP contribution in [0.1, 0.15) is 12.8 Å². The van der Waals surface area contributed by atoms with Gasteiger partial charge in [-0.1, -0.05) is 0 Å². The predicted octanol–water partition coefficient (Wildman–Crippen LogP) is 0.816. The lowest BCUT2D eigenvalue weighted by molar-refractivity contribution is 0.0617. The van der Waals surface area contributed by atoms with E-state index in [2.05, 4.69) is 4.90 Å². The number of nitrogen functional groups attached to an aromatic ring is 1. The Balaban J connectivity index is 1.57. The van der Waals surface area contributed by atoms with Crippen molar-refractivity contribution < 1.29 is 13.2 Å². The zero-order valence-electron chi connectivity index (χ0n) is 11.9. The van der Waals surface area contributed by atoms with Crippen LogP contribution in [-0.4, -0.2) is 63.1 Å². The van der Waals surface area contributed by atoms with Crippen LogP contribution < -0.4 is 5.73 Å². The van der Waals surface area contributed by atoms with Gasteiger partial charge in [-0.05, 0) is 18.9 Å². The molecule has 2 aliphatic rings. The maximum atomic E-state index is 12.5. The van der Waals surface area contributed by atoms with Crippen LogP contribution in [0, 0.1) is 0 Å². The number of hydrogen-bond donors (Lipinski definition) is 1. The van der Waals surface area contributed by atoms with Crippen molar-refractivity contribution in [3.63, 3.8) is 0 Å². The highest BCUT2D eigenvalue weighted by Crippen LogP contribution is 2.26. The Bertz CT molecular complexity index is 573. The molecule has 0 aliphatic carbocycles. The minimum absolute atomic E-state index is 0.324. The summed E-state index contributed by atoms with van der Waals surface area (Å²) in [5, 5.41) is 1.67. The Hall–Kier alpha value is -0.670. The standard InChI is InChI=1S/C13H21N3O3S2/c14-11-8-13(20-10-11)21(17,18)16-5-3-15(4-6-16)9-12-2-1-7-19-12/h8,10,12H,1-7,9,14H2. The molecule has 3 rings (SSSR count). The van der Waals surface area contributed by atoms with Crippen molar-refractivity contribution in [1.29, 1.82) is 0 Å². The van der Waals surface area contributed by atoms with Gasteiger partial charge in [-0.3, -0.25) is 4.90 Å². The van der Waals surface area contributed by atoms with Gasteiger partial charge >= 0.3 is 0 Å². The fourth-order valence-corrected chi connectivity index (χ4v) is 5.48. The average molecular weight is 331 g/mol. The fourth-order valence-electron chi connectivity index (χ4n) is 2.82. The molecule has 1 aromatic heterocycles. The minimum Gasteiger partial charge on any atom is -0.398 e. The van der Waals surface area contributed by atoms with Crippen molar-refractivity contribution >= 4 is 27.0 Å². The molecule has 2 aliphatic heterocycles. The lowest BCUT2D eigenvalue weighted by Gasteiger charge is -2.34. The molecule has 2 N–H and O–H groups in total. The largest absolute Gasteiger partial charge is 0.398 e. The molecule has 0 aromatic carbocycles. The Labute approximate surface area is 129 Å². The maximum absolute atomic E-state index is 12.5. The molecule has 0 saturated carbocycles. The first-order valence-electron chi connectivity index (χ1n) is 7.24. The highest BCUT2D eigenvalue weighted by molar-refractivity contribution is 7.91. The molecule has 3 heterocycles. The second-order valence-electron chi connectivity index (χ2n) is 5.54. The number of thiophene rings is 1. The van der Waals surface area contributed by atoms with Crippen molar-refractivity contribution in [2.24, 2.45) is 0 Å². The van der Waals surface area contributed by atoms with Crippen molar-refractivity contribution in [3.8, 4) is 0 Å². The van der Waals surface area contributed by atoms with E-state index < -0.39 is 10.0 Å². The van der Waals surface area contributed by atoms with Crippen LogP contribution in [0.5, 0.6) is 0 Å². The normalized spacial score (nSPS) is 25.4. The molecule has 2 saturated heterocycles. The van der Waals surface area contributed by atoms with Gasteiger partial charge in [-0.2, -0.15) is 4.31 Å². The summed E-state index contributed by atoms with van der Waals surface area (Å²) in [7, 11) is -3.38. The lowest BCUT2D eigenvalue weighted by Crippen LogP contribution is -2.50. The Morgan fingerprint density at radius 1 is 1.33 bits per heavy atom. The van der Waals surface area contributed by atoms with Gasteiger partial charge in [-0.25, -0.2) is 8.42 Å². The van der Waals surface area contributed by atoms with Gasteiger partial charge in [0.1, 0.15) is 4.21 Å². The van der Waals surface area contributed by atoms with Gasteiger partial charge in [0, 0.05) is 50.4 Å². The Morgan fingerprint density at radius 3 is 2.67 bits per heavy atom. The van der Waals surface area contributed by atoms with Crippen LogP contribution >= 0.6 is 11.3 Å². The van der Waals surface area contributed by atoms with Gasteiger partial charge in [0.2, 0.25) is 0 Å². The van der Waals surface area contributed by atoms with E-state index in [9.17, 15) is 8.42 Å². The molecule has 2 fully saturated rings. The third kappa shape index (κ3) is 3.40. The topological polar surface area (TPSA) is 75.9 Å². The number of rotatable bonds is 4. The molecule has 8 heteroatoms. The minimum atomic E-state index is -3.38. The van der Waals surface area contributed by atoms with Crippen molar-refractivity contribution in [2.75, 3.05) is 45.1 Å². The summed E-state index contributed by atoms with van der Waals surface area (Å²) >= 11 is 1.19. The highest BCUT2D eigenvalue weighted by Gasteiger charge is 2.30. The molecule has 21 heavy (non-hydrogen) atoms. The van der Waals surface area contributed by atoms with Crippen LogP contribution in [0.15, 0.2) is 15.7 Å². The molecule has 118 valence electrons. The second kappa shape index (κ2) is 6.21. The number of nitrogens with two attached hydrogens (primary N) is 1. The first-order chi connectivity index (χ1) is 10.1. The van der Waals surface area contributed by atoms with E-state index in [1.165, 1.54) is 11.3 Å². The van der Waals surface area contributed by atoms with E-state index in [-0.39, 0.29) is 0 Å². The first-order valence-corrected chi connectivity index (χ1v) is 9.56. The zero-order chi connectivity index (χ0) is 14.9. The molecular formula is C13H21N3O3S2. The van der Waals surface area contributed by atoms with Crippen LogP contribution in [0.3, 0.4) is 0 Å². The zero-order valence-corrected chi connectivity index (χ0v) is 13.5. The number of anilines is 1. The van der Waals surface area contributed by atoms with Crippen LogP contribution in [-0.2, 0) is 14.8 Å². The molecule has 6 nitrogen and oxygen atoms in total. The molecule has 0 bridgehead atoms. The van der Waals surface area contributed by atoms with E-state index in [0.717, 1.165) is 39.1 Å². The third-order valence-corrected chi connectivity index (χ3v) is 7.34. The Kier molecular flexibility index (Phi) is 4.51. The van der Waals surface area contributed by atoms with Crippen molar-refractivity contribution in [2.45, 2.75) is 23.2 Å². The average Bonchev–Trinajstić information content (AvgIpc) is 3.11. The van der Waals surface area contributed by atoms with E-state index >= 15 is 0 Å². The van der Waals surface area contributed by atoms with Gasteiger partial charge in [0.25, 0.3) is 10.0 Å². The molecular weight excluding hydrogens is 310 g/mol. The number of sulfonamides is 1. The van der Waals surface area contributed by atoms with Gasteiger partial charge in [-0.15, -0.1) is 11.3 Å². The van der Waals surface area contributed by atoms with Crippen molar-refractivity contribution in [1.82, 2.24) is 9.21 Å². The van der Waals surface area contributed by atoms with E-state index in [4.69, 9.17) is 10.5 Å². The smallest absolute Gasteiger partial charge is 0.252 e. The number of ether oxygens (including phenoxy) is 1. The summed E-state index contributed by atoms with van der Waals surface area (Å²) in [4.78, 5) is 2.30. The summed E-state index contributed by atoms with van der Waals surface area (Å²) in [6.45, 7) is 4.37. The van der Waals surface area contributed by atoms with E-state index in [1.807, 2.05) is 0 Å². The van der Waals surface area contributed by atoms with E-state index in [1.54, 1.807) is 15.8 Å². The summed E-state index contributed by atoms with van der Waals surface area (Å²) in [6.07, 6.45) is 2.58. The molecule has 1 unspecified atom stereocenters. The number of nitrogens with zero attached hydrogens (tertiary/aromatic N) is 2. The summed E-state index contributed by atoms with van der Waals surface area (Å²) < 4.78 is 32.5.